The Morgan fingerprint density at radius 1 is 1.35 bits per heavy atom. The highest BCUT2D eigenvalue weighted by Crippen LogP contribution is 2.48. The van der Waals surface area contributed by atoms with Crippen LogP contribution in [0.4, 0.5) is 0 Å². The average Bonchev–Trinajstić information content (AvgIpc) is 3.19. The van der Waals surface area contributed by atoms with Gasteiger partial charge in [0.05, 0.1) is 0 Å². The Labute approximate surface area is 136 Å². The zero-order chi connectivity index (χ0) is 16.8. The van der Waals surface area contributed by atoms with Crippen LogP contribution in [0.15, 0.2) is 6.07 Å². The van der Waals surface area contributed by atoms with E-state index in [0.717, 1.165) is 24.2 Å². The van der Waals surface area contributed by atoms with Crippen LogP contribution in [0.5, 0.6) is 6.01 Å². The number of aromatic nitrogens is 2. The van der Waals surface area contributed by atoms with Gasteiger partial charge in [-0.25, -0.2) is 9.97 Å². The third kappa shape index (κ3) is 3.32. The van der Waals surface area contributed by atoms with Crippen molar-refractivity contribution in [3.8, 4) is 6.01 Å². The maximum Gasteiger partial charge on any atom is 0.316 e. The molecule has 1 aromatic rings. The first-order valence-electron chi connectivity index (χ1n) is 8.16. The molecule has 3 rings (SSSR count). The number of rotatable bonds is 5. The van der Waals surface area contributed by atoms with E-state index in [4.69, 9.17) is 4.74 Å². The normalized spacial score (nSPS) is 28.0. The lowest BCUT2D eigenvalue weighted by Gasteiger charge is -2.47. The molecule has 6 heteroatoms. The van der Waals surface area contributed by atoms with Crippen molar-refractivity contribution in [1.82, 2.24) is 14.9 Å². The molecule has 0 radical (unpaired) electrons. The van der Waals surface area contributed by atoms with E-state index in [9.17, 15) is 9.90 Å². The Morgan fingerprint density at radius 3 is 2.43 bits per heavy atom. The highest BCUT2D eigenvalue weighted by molar-refractivity contribution is 5.85. The van der Waals surface area contributed by atoms with Gasteiger partial charge in [-0.3, -0.25) is 4.79 Å². The fraction of sp³-hybridized carbons (Fsp3) is 0.706. The van der Waals surface area contributed by atoms with Gasteiger partial charge >= 0.3 is 6.01 Å². The van der Waals surface area contributed by atoms with E-state index in [0.29, 0.717) is 18.9 Å². The number of ether oxygens (including phenoxy) is 1. The largest absolute Gasteiger partial charge is 0.460 e. The number of aryl methyl sites for hydroxylation is 2. The lowest BCUT2D eigenvalue weighted by atomic mass is 9.75. The summed E-state index contributed by atoms with van der Waals surface area (Å²) in [5.41, 5.74) is 0.624. The molecule has 0 saturated heterocycles. The minimum absolute atomic E-state index is 0.0914. The van der Waals surface area contributed by atoms with Crippen LogP contribution in [-0.2, 0) is 4.79 Å². The third-order valence-corrected chi connectivity index (χ3v) is 5.05. The van der Waals surface area contributed by atoms with Gasteiger partial charge in [0.25, 0.3) is 0 Å². The summed E-state index contributed by atoms with van der Waals surface area (Å²) < 4.78 is 5.57. The maximum atomic E-state index is 12.3. The minimum atomic E-state index is -0.898. The van der Waals surface area contributed by atoms with E-state index in [1.165, 1.54) is 0 Å². The van der Waals surface area contributed by atoms with E-state index in [-0.39, 0.29) is 24.0 Å². The number of hydrogen-bond acceptors (Lipinski definition) is 5. The Kier molecular flexibility index (Phi) is 3.83. The van der Waals surface area contributed by atoms with Crippen LogP contribution in [-0.4, -0.2) is 51.2 Å². The first-order chi connectivity index (χ1) is 10.7. The van der Waals surface area contributed by atoms with Crippen LogP contribution >= 0.6 is 0 Å². The summed E-state index contributed by atoms with van der Waals surface area (Å²) in [4.78, 5) is 22.5. The summed E-state index contributed by atoms with van der Waals surface area (Å²) >= 11 is 0. The summed E-state index contributed by atoms with van der Waals surface area (Å²) in [6.07, 6.45) is 3.02. The van der Waals surface area contributed by atoms with Crippen molar-refractivity contribution in [1.29, 1.82) is 0 Å². The molecule has 0 aromatic carbocycles. The quantitative estimate of drug-likeness (QED) is 0.892. The molecule has 23 heavy (non-hydrogen) atoms. The van der Waals surface area contributed by atoms with Gasteiger partial charge in [0.1, 0.15) is 12.2 Å². The summed E-state index contributed by atoms with van der Waals surface area (Å²) in [5, 5.41) is 10.5. The van der Waals surface area contributed by atoms with Crippen molar-refractivity contribution in [3.63, 3.8) is 0 Å². The average molecular weight is 319 g/mol. The number of carbonyl (C=O) groups is 1. The number of hydrogen-bond donors (Lipinski definition) is 1. The maximum absolute atomic E-state index is 12.3. The van der Waals surface area contributed by atoms with E-state index in [1.54, 1.807) is 4.90 Å². The molecule has 2 fully saturated rings. The molecule has 6 nitrogen and oxygen atoms in total. The molecular formula is C17H25N3O3. The Bertz CT molecular complexity index is 601. The van der Waals surface area contributed by atoms with E-state index >= 15 is 0 Å². The molecule has 2 aliphatic rings. The third-order valence-electron chi connectivity index (χ3n) is 5.05. The molecule has 0 unspecified atom stereocenters. The predicted octanol–water partition coefficient (Wildman–Crippen LogP) is 1.62. The highest BCUT2D eigenvalue weighted by Gasteiger charge is 2.52. The fourth-order valence-corrected chi connectivity index (χ4v) is 3.16. The van der Waals surface area contributed by atoms with Crippen LogP contribution in [0, 0.1) is 19.3 Å². The second kappa shape index (κ2) is 5.44. The van der Waals surface area contributed by atoms with Crippen LogP contribution in [0.3, 0.4) is 0 Å². The van der Waals surface area contributed by atoms with Crippen LogP contribution in [0.1, 0.15) is 44.0 Å². The van der Waals surface area contributed by atoms with Crippen LogP contribution in [0.2, 0.25) is 0 Å². The summed E-state index contributed by atoms with van der Waals surface area (Å²) in [6.45, 7) is 5.94. The van der Waals surface area contributed by atoms with Gasteiger partial charge in [0, 0.05) is 42.7 Å². The van der Waals surface area contributed by atoms with Gasteiger partial charge < -0.3 is 14.7 Å². The molecule has 0 spiro atoms. The molecule has 126 valence electrons. The summed E-state index contributed by atoms with van der Waals surface area (Å²) in [5.74, 6) is 0.197. The highest BCUT2D eigenvalue weighted by atomic mass is 16.5. The summed E-state index contributed by atoms with van der Waals surface area (Å²) in [7, 11) is 1.84. The van der Waals surface area contributed by atoms with Crippen molar-refractivity contribution >= 4 is 5.91 Å². The first kappa shape index (κ1) is 16.2. The zero-order valence-corrected chi connectivity index (χ0v) is 14.3. The van der Waals surface area contributed by atoms with Gasteiger partial charge in [-0.1, -0.05) is 6.92 Å². The Hall–Kier alpha value is -1.69. The fourth-order valence-electron chi connectivity index (χ4n) is 3.16. The molecular weight excluding hydrogens is 294 g/mol. The molecule has 0 bridgehead atoms. The lowest BCUT2D eigenvalue weighted by Crippen LogP contribution is -2.59. The zero-order valence-electron chi connectivity index (χ0n) is 14.3. The SMILES string of the molecule is Cc1cc(C)nc(OCC2(O)CC(N(C)C(=O)C3(C)CC3)C2)n1. The van der Waals surface area contributed by atoms with Crippen molar-refractivity contribution in [2.75, 3.05) is 13.7 Å². The Morgan fingerprint density at radius 2 is 1.91 bits per heavy atom. The topological polar surface area (TPSA) is 75.6 Å². The predicted molar refractivity (Wildman–Crippen MR) is 85.1 cm³/mol. The van der Waals surface area contributed by atoms with Crippen molar-refractivity contribution in [3.05, 3.63) is 17.5 Å². The number of carbonyl (C=O) groups excluding carboxylic acids is 1. The van der Waals surface area contributed by atoms with Crippen LogP contribution in [0.25, 0.3) is 0 Å². The van der Waals surface area contributed by atoms with Crippen molar-refractivity contribution in [2.45, 2.75) is 58.1 Å². The number of aliphatic hydroxyl groups is 1. The molecule has 1 amide bonds. The molecule has 0 atom stereocenters. The van der Waals surface area contributed by atoms with Gasteiger partial charge in [0.2, 0.25) is 5.91 Å². The van der Waals surface area contributed by atoms with Gasteiger partial charge in [0.15, 0.2) is 0 Å². The molecule has 2 aliphatic carbocycles. The van der Waals surface area contributed by atoms with E-state index in [2.05, 4.69) is 9.97 Å². The van der Waals surface area contributed by atoms with E-state index in [1.807, 2.05) is 33.9 Å². The first-order valence-corrected chi connectivity index (χ1v) is 8.16. The molecule has 2 saturated carbocycles. The van der Waals surface area contributed by atoms with Gasteiger partial charge in [-0.15, -0.1) is 0 Å². The smallest absolute Gasteiger partial charge is 0.316 e. The molecule has 1 heterocycles. The van der Waals surface area contributed by atoms with Crippen molar-refractivity contribution < 1.29 is 14.6 Å². The molecule has 1 N–H and O–H groups in total. The molecule has 1 aromatic heterocycles. The lowest BCUT2D eigenvalue weighted by molar-refractivity contribution is -0.151. The standard InChI is InChI=1S/C17H25N3O3/c1-11-7-12(2)19-15(18-11)23-10-17(22)8-13(9-17)20(4)14(21)16(3)5-6-16/h7,13,22H,5-6,8-10H2,1-4H3. The second-order valence-corrected chi connectivity index (χ2v) is 7.49. The van der Waals surface area contributed by atoms with Crippen molar-refractivity contribution in [2.24, 2.45) is 5.41 Å². The monoisotopic (exact) mass is 319 g/mol. The molecule has 0 aliphatic heterocycles. The van der Waals surface area contributed by atoms with Gasteiger partial charge in [-0.05, 0) is 32.8 Å². The van der Waals surface area contributed by atoms with Crippen LogP contribution < -0.4 is 4.74 Å². The second-order valence-electron chi connectivity index (χ2n) is 7.49. The van der Waals surface area contributed by atoms with E-state index < -0.39 is 5.60 Å². The number of amides is 1. The number of nitrogens with zero attached hydrogens (tertiary/aromatic N) is 3. The van der Waals surface area contributed by atoms with Gasteiger partial charge in [-0.2, -0.15) is 0 Å². The summed E-state index contributed by atoms with van der Waals surface area (Å²) in [6, 6.07) is 2.27. The minimum Gasteiger partial charge on any atom is -0.460 e. The Balaban J connectivity index is 1.52.